The lowest BCUT2D eigenvalue weighted by atomic mass is 9.97. The number of carbonyl (C=O) groups excluding carboxylic acids is 1. The molecule has 0 aliphatic heterocycles. The molecular formula is C15H12Cl2O. The van der Waals surface area contributed by atoms with Crippen molar-refractivity contribution in [2.45, 2.75) is 13.8 Å². The summed E-state index contributed by atoms with van der Waals surface area (Å²) in [6.07, 6.45) is 0. The summed E-state index contributed by atoms with van der Waals surface area (Å²) in [7, 11) is 0. The third kappa shape index (κ3) is 2.43. The van der Waals surface area contributed by atoms with Crippen molar-refractivity contribution in [3.8, 4) is 0 Å². The van der Waals surface area contributed by atoms with E-state index in [1.54, 1.807) is 18.2 Å². The lowest BCUT2D eigenvalue weighted by Gasteiger charge is -2.09. The minimum atomic E-state index is -0.136. The molecule has 0 aliphatic rings. The molecule has 0 fully saturated rings. The van der Waals surface area contributed by atoms with E-state index >= 15 is 0 Å². The van der Waals surface area contributed by atoms with Gasteiger partial charge in [-0.1, -0.05) is 53.0 Å². The summed E-state index contributed by atoms with van der Waals surface area (Å²) < 4.78 is 0. The standard InChI is InChI=1S/C15H12Cl2O/c1-9-6-7-11(10(2)8-9)15(18)14-12(16)4-3-5-13(14)17/h3-8H,1-2H3. The fourth-order valence-corrected chi connectivity index (χ4v) is 2.49. The Labute approximate surface area is 116 Å². The van der Waals surface area contributed by atoms with Crippen molar-refractivity contribution in [1.82, 2.24) is 0 Å². The molecule has 0 radical (unpaired) electrons. The smallest absolute Gasteiger partial charge is 0.196 e. The van der Waals surface area contributed by atoms with Gasteiger partial charge in [0.25, 0.3) is 0 Å². The van der Waals surface area contributed by atoms with Crippen LogP contribution in [0.15, 0.2) is 36.4 Å². The Balaban J connectivity index is 2.55. The largest absolute Gasteiger partial charge is 0.288 e. The highest BCUT2D eigenvalue weighted by atomic mass is 35.5. The highest BCUT2D eigenvalue weighted by Gasteiger charge is 2.17. The van der Waals surface area contributed by atoms with Crippen molar-refractivity contribution >= 4 is 29.0 Å². The van der Waals surface area contributed by atoms with Gasteiger partial charge in [0.15, 0.2) is 5.78 Å². The molecule has 2 aromatic carbocycles. The summed E-state index contributed by atoms with van der Waals surface area (Å²) in [5.74, 6) is -0.136. The van der Waals surface area contributed by atoms with Gasteiger partial charge in [0.2, 0.25) is 0 Å². The highest BCUT2D eigenvalue weighted by Crippen LogP contribution is 2.28. The second-order valence-corrected chi connectivity index (χ2v) is 5.06. The second kappa shape index (κ2) is 5.13. The van der Waals surface area contributed by atoms with Crippen LogP contribution in [0.4, 0.5) is 0 Å². The first-order valence-corrected chi connectivity index (χ1v) is 6.32. The zero-order valence-electron chi connectivity index (χ0n) is 10.1. The second-order valence-electron chi connectivity index (χ2n) is 4.24. The van der Waals surface area contributed by atoms with Gasteiger partial charge in [-0.15, -0.1) is 0 Å². The normalized spacial score (nSPS) is 10.4. The molecule has 0 heterocycles. The molecule has 2 rings (SSSR count). The Morgan fingerprint density at radius 3 is 2.17 bits per heavy atom. The monoisotopic (exact) mass is 278 g/mol. The number of benzene rings is 2. The molecule has 2 aromatic rings. The van der Waals surface area contributed by atoms with E-state index in [1.807, 2.05) is 32.0 Å². The molecule has 0 atom stereocenters. The van der Waals surface area contributed by atoms with Crippen LogP contribution in [-0.4, -0.2) is 5.78 Å². The summed E-state index contributed by atoms with van der Waals surface area (Å²) in [5.41, 5.74) is 3.05. The molecule has 92 valence electrons. The maximum Gasteiger partial charge on any atom is 0.196 e. The third-order valence-corrected chi connectivity index (χ3v) is 3.45. The average molecular weight is 279 g/mol. The Morgan fingerprint density at radius 1 is 1.00 bits per heavy atom. The molecule has 1 nitrogen and oxygen atoms in total. The number of aryl methyl sites for hydroxylation is 2. The molecule has 0 bridgehead atoms. The molecule has 0 aromatic heterocycles. The van der Waals surface area contributed by atoms with E-state index < -0.39 is 0 Å². The number of hydrogen-bond donors (Lipinski definition) is 0. The van der Waals surface area contributed by atoms with Crippen molar-refractivity contribution in [1.29, 1.82) is 0 Å². The number of rotatable bonds is 2. The quantitative estimate of drug-likeness (QED) is 0.719. The van der Waals surface area contributed by atoms with Crippen molar-refractivity contribution in [3.05, 3.63) is 68.7 Å². The lowest BCUT2D eigenvalue weighted by Crippen LogP contribution is -2.05. The van der Waals surface area contributed by atoms with E-state index in [9.17, 15) is 4.79 Å². The van der Waals surface area contributed by atoms with Crippen LogP contribution >= 0.6 is 23.2 Å². The zero-order chi connectivity index (χ0) is 13.3. The van der Waals surface area contributed by atoms with Crippen LogP contribution in [0, 0.1) is 13.8 Å². The van der Waals surface area contributed by atoms with Gasteiger partial charge in [-0.25, -0.2) is 0 Å². The molecule has 0 saturated heterocycles. The van der Waals surface area contributed by atoms with Gasteiger partial charge in [0, 0.05) is 5.56 Å². The Hall–Kier alpha value is -1.31. The molecule has 0 spiro atoms. The van der Waals surface area contributed by atoms with E-state index in [0.717, 1.165) is 11.1 Å². The summed E-state index contributed by atoms with van der Waals surface area (Å²) >= 11 is 12.1. The fourth-order valence-electron chi connectivity index (χ4n) is 1.92. The molecule has 0 amide bonds. The summed E-state index contributed by atoms with van der Waals surface area (Å²) in [5, 5.41) is 0.764. The van der Waals surface area contributed by atoms with Gasteiger partial charge in [-0.3, -0.25) is 4.79 Å². The van der Waals surface area contributed by atoms with E-state index in [1.165, 1.54) is 0 Å². The maximum atomic E-state index is 12.5. The first kappa shape index (κ1) is 13.1. The minimum Gasteiger partial charge on any atom is -0.288 e. The molecular weight excluding hydrogens is 267 g/mol. The predicted molar refractivity (Wildman–Crippen MR) is 75.8 cm³/mol. The van der Waals surface area contributed by atoms with Crippen LogP contribution in [0.25, 0.3) is 0 Å². The zero-order valence-corrected chi connectivity index (χ0v) is 11.6. The molecule has 3 heteroatoms. The van der Waals surface area contributed by atoms with E-state index in [-0.39, 0.29) is 5.78 Å². The average Bonchev–Trinajstić information content (AvgIpc) is 2.28. The number of ketones is 1. The van der Waals surface area contributed by atoms with Crippen LogP contribution in [0.1, 0.15) is 27.0 Å². The maximum absolute atomic E-state index is 12.5. The van der Waals surface area contributed by atoms with Crippen molar-refractivity contribution < 1.29 is 4.79 Å². The van der Waals surface area contributed by atoms with Crippen molar-refractivity contribution in [3.63, 3.8) is 0 Å². The van der Waals surface area contributed by atoms with E-state index in [0.29, 0.717) is 21.2 Å². The molecule has 0 saturated carbocycles. The van der Waals surface area contributed by atoms with Gasteiger partial charge >= 0.3 is 0 Å². The van der Waals surface area contributed by atoms with Crippen molar-refractivity contribution in [2.75, 3.05) is 0 Å². The number of halogens is 2. The van der Waals surface area contributed by atoms with Crippen LogP contribution in [-0.2, 0) is 0 Å². The summed E-state index contributed by atoms with van der Waals surface area (Å²) in [6, 6.07) is 10.8. The van der Waals surface area contributed by atoms with Crippen molar-refractivity contribution in [2.24, 2.45) is 0 Å². The van der Waals surface area contributed by atoms with Gasteiger partial charge in [-0.2, -0.15) is 0 Å². The first-order valence-electron chi connectivity index (χ1n) is 5.56. The molecule has 0 N–H and O–H groups in total. The SMILES string of the molecule is Cc1ccc(C(=O)c2c(Cl)cccc2Cl)c(C)c1. The number of hydrogen-bond acceptors (Lipinski definition) is 1. The first-order chi connectivity index (χ1) is 8.50. The Bertz CT molecular complexity index is 598. The van der Waals surface area contributed by atoms with Gasteiger partial charge in [-0.05, 0) is 31.5 Å². The predicted octanol–water partition coefficient (Wildman–Crippen LogP) is 4.84. The highest BCUT2D eigenvalue weighted by molar-refractivity contribution is 6.41. The van der Waals surface area contributed by atoms with Gasteiger partial charge in [0.1, 0.15) is 0 Å². The van der Waals surface area contributed by atoms with Crippen LogP contribution < -0.4 is 0 Å². The minimum absolute atomic E-state index is 0.136. The lowest BCUT2D eigenvalue weighted by molar-refractivity contribution is 0.103. The van der Waals surface area contributed by atoms with Crippen LogP contribution in [0.2, 0.25) is 10.0 Å². The topological polar surface area (TPSA) is 17.1 Å². The molecule has 0 aliphatic carbocycles. The van der Waals surface area contributed by atoms with Gasteiger partial charge in [0.05, 0.1) is 15.6 Å². The van der Waals surface area contributed by atoms with E-state index in [2.05, 4.69) is 0 Å². The molecule has 18 heavy (non-hydrogen) atoms. The summed E-state index contributed by atoms with van der Waals surface area (Å²) in [4.78, 5) is 12.5. The summed E-state index contributed by atoms with van der Waals surface area (Å²) in [6.45, 7) is 3.90. The van der Waals surface area contributed by atoms with E-state index in [4.69, 9.17) is 23.2 Å². The Morgan fingerprint density at radius 2 is 1.61 bits per heavy atom. The third-order valence-electron chi connectivity index (χ3n) is 2.82. The number of carbonyl (C=O) groups is 1. The van der Waals surface area contributed by atoms with Crippen LogP contribution in [0.3, 0.4) is 0 Å². The van der Waals surface area contributed by atoms with Crippen LogP contribution in [0.5, 0.6) is 0 Å². The Kier molecular flexibility index (Phi) is 3.74. The molecule has 0 unspecified atom stereocenters. The van der Waals surface area contributed by atoms with Gasteiger partial charge < -0.3 is 0 Å². The fraction of sp³-hybridized carbons (Fsp3) is 0.133.